The fourth-order valence-electron chi connectivity index (χ4n) is 2.25. The van der Waals surface area contributed by atoms with E-state index in [-0.39, 0.29) is 17.1 Å². The van der Waals surface area contributed by atoms with Crippen molar-refractivity contribution in [3.05, 3.63) is 12.3 Å². The molecule has 2 saturated carbocycles. The molecule has 0 aromatic carbocycles. The summed E-state index contributed by atoms with van der Waals surface area (Å²) in [4.78, 5) is 0. The van der Waals surface area contributed by atoms with E-state index in [0.717, 1.165) is 0 Å². The number of hydrogen-bond donors (Lipinski definition) is 0. The van der Waals surface area contributed by atoms with Gasteiger partial charge >= 0.3 is 0 Å². The van der Waals surface area contributed by atoms with Crippen LogP contribution in [0.25, 0.3) is 0 Å². The Bertz CT molecular complexity index is 105. The van der Waals surface area contributed by atoms with Gasteiger partial charge in [-0.15, -0.1) is 0 Å². The second kappa shape index (κ2) is 11.0. The van der Waals surface area contributed by atoms with Gasteiger partial charge in [-0.3, -0.25) is 0 Å². The number of unbranched alkanes of at least 4 members (excludes halogenated alkanes) is 1. The predicted molar refractivity (Wildman–Crippen MR) is 64.0 cm³/mol. The van der Waals surface area contributed by atoms with Crippen LogP contribution in [0, 0.1) is 12.3 Å². The maximum atomic E-state index is 2.43. The molecule has 0 N–H and O–H groups in total. The molecule has 0 aliphatic heterocycles. The topological polar surface area (TPSA) is 0 Å². The molecule has 0 saturated heterocycles. The summed E-state index contributed by atoms with van der Waals surface area (Å²) in [7, 11) is 0. The van der Waals surface area contributed by atoms with Crippen LogP contribution in [0.15, 0.2) is 0 Å². The van der Waals surface area contributed by atoms with Crippen molar-refractivity contribution in [2.45, 2.75) is 77.6 Å². The summed E-state index contributed by atoms with van der Waals surface area (Å²) in [6.07, 6.45) is 18.2. The van der Waals surface area contributed by atoms with Crippen LogP contribution in [0.1, 0.15) is 77.6 Å². The van der Waals surface area contributed by atoms with Gasteiger partial charge in [0.2, 0.25) is 0 Å². The summed E-state index contributed by atoms with van der Waals surface area (Å²) in [5.74, 6) is 1.72. The van der Waals surface area contributed by atoms with Gasteiger partial charge in [0.15, 0.2) is 0 Å². The summed E-state index contributed by atoms with van der Waals surface area (Å²) in [6, 6.07) is 0. The van der Waals surface area contributed by atoms with Gasteiger partial charge in [-0.05, 0) is 31.6 Å². The van der Waals surface area contributed by atoms with Crippen molar-refractivity contribution in [3.8, 4) is 0 Å². The Kier molecular flexibility index (Phi) is 11.4. The first-order valence-corrected chi connectivity index (χ1v) is 6.61. The summed E-state index contributed by atoms with van der Waals surface area (Å²) >= 11 is 0. The average Bonchev–Trinajstić information content (AvgIpc) is 2.90. The molecule has 0 aromatic rings. The fraction of sp³-hybridized carbons (Fsp3) is 0.857. The predicted octanol–water partition coefficient (Wildman–Crippen LogP) is 5.09. The molecular formula is C14H26Fe. The van der Waals surface area contributed by atoms with E-state index in [9.17, 15) is 0 Å². The minimum absolute atomic E-state index is 0. The van der Waals surface area contributed by atoms with E-state index in [1.807, 2.05) is 0 Å². The SMILES string of the molecule is C1CCCC1.CCCC[C]1[CH]CCC1.[Fe]. The molecule has 0 amide bonds. The van der Waals surface area contributed by atoms with Gasteiger partial charge in [0.05, 0.1) is 0 Å². The van der Waals surface area contributed by atoms with Gasteiger partial charge in [0.25, 0.3) is 0 Å². The first-order valence-electron chi connectivity index (χ1n) is 6.61. The zero-order valence-corrected chi connectivity index (χ0v) is 11.3. The Hall–Kier alpha value is 0.519. The van der Waals surface area contributed by atoms with E-state index in [0.29, 0.717) is 0 Å². The summed E-state index contributed by atoms with van der Waals surface area (Å²) in [5.41, 5.74) is 0. The van der Waals surface area contributed by atoms with Crippen molar-refractivity contribution >= 4 is 0 Å². The van der Waals surface area contributed by atoms with Gasteiger partial charge < -0.3 is 0 Å². The minimum atomic E-state index is 0. The second-order valence-electron chi connectivity index (χ2n) is 4.63. The Morgan fingerprint density at radius 2 is 1.60 bits per heavy atom. The molecule has 0 bridgehead atoms. The van der Waals surface area contributed by atoms with Gasteiger partial charge in [-0.1, -0.05) is 58.3 Å². The molecule has 90 valence electrons. The van der Waals surface area contributed by atoms with Crippen molar-refractivity contribution in [2.24, 2.45) is 0 Å². The summed E-state index contributed by atoms with van der Waals surface area (Å²) in [6.45, 7) is 2.26. The molecule has 2 fully saturated rings. The van der Waals surface area contributed by atoms with Gasteiger partial charge in [0.1, 0.15) is 0 Å². The number of rotatable bonds is 3. The molecule has 2 aliphatic rings. The quantitative estimate of drug-likeness (QED) is 0.612. The molecule has 0 aromatic heterocycles. The van der Waals surface area contributed by atoms with E-state index in [1.165, 1.54) is 70.6 Å². The van der Waals surface area contributed by atoms with E-state index >= 15 is 0 Å². The van der Waals surface area contributed by atoms with Crippen molar-refractivity contribution in [1.29, 1.82) is 0 Å². The van der Waals surface area contributed by atoms with Crippen LogP contribution in [0.4, 0.5) is 0 Å². The van der Waals surface area contributed by atoms with Gasteiger partial charge in [-0.25, -0.2) is 0 Å². The maximum absolute atomic E-state index is 2.43. The first-order chi connectivity index (χ1) is 6.93. The zero-order valence-electron chi connectivity index (χ0n) is 10.2. The zero-order chi connectivity index (χ0) is 10.1. The van der Waals surface area contributed by atoms with Crippen LogP contribution in [-0.4, -0.2) is 0 Å². The smallest absolute Gasteiger partial charge is 0 e. The van der Waals surface area contributed by atoms with Crippen molar-refractivity contribution in [2.75, 3.05) is 0 Å². The van der Waals surface area contributed by atoms with E-state index in [4.69, 9.17) is 0 Å². The third kappa shape index (κ3) is 8.34. The maximum Gasteiger partial charge on any atom is 0 e. The van der Waals surface area contributed by atoms with E-state index in [1.54, 1.807) is 5.92 Å². The summed E-state index contributed by atoms with van der Waals surface area (Å²) < 4.78 is 0. The minimum Gasteiger partial charge on any atom is -0.0654 e. The Labute approximate surface area is 107 Å². The van der Waals surface area contributed by atoms with Crippen LogP contribution in [0.2, 0.25) is 0 Å². The van der Waals surface area contributed by atoms with Crippen LogP contribution in [-0.2, 0) is 17.1 Å². The van der Waals surface area contributed by atoms with Gasteiger partial charge in [-0.2, -0.15) is 0 Å². The van der Waals surface area contributed by atoms with E-state index < -0.39 is 0 Å². The molecule has 0 nitrogen and oxygen atoms in total. The Morgan fingerprint density at radius 3 is 2.00 bits per heavy atom. The monoisotopic (exact) mass is 250 g/mol. The van der Waals surface area contributed by atoms with Crippen molar-refractivity contribution in [1.82, 2.24) is 0 Å². The molecular weight excluding hydrogens is 224 g/mol. The van der Waals surface area contributed by atoms with Gasteiger partial charge in [0, 0.05) is 17.1 Å². The molecule has 0 atom stereocenters. The molecule has 2 aliphatic carbocycles. The number of hydrogen-bond acceptors (Lipinski definition) is 0. The third-order valence-electron chi connectivity index (χ3n) is 3.24. The van der Waals surface area contributed by atoms with Crippen LogP contribution < -0.4 is 0 Å². The van der Waals surface area contributed by atoms with Crippen LogP contribution >= 0.6 is 0 Å². The van der Waals surface area contributed by atoms with Crippen molar-refractivity contribution in [3.63, 3.8) is 0 Å². The molecule has 0 spiro atoms. The molecule has 0 unspecified atom stereocenters. The van der Waals surface area contributed by atoms with Crippen LogP contribution in [0.3, 0.4) is 0 Å². The Morgan fingerprint density at radius 1 is 1.00 bits per heavy atom. The molecule has 1 heteroatoms. The average molecular weight is 250 g/mol. The molecule has 15 heavy (non-hydrogen) atoms. The van der Waals surface area contributed by atoms with Crippen molar-refractivity contribution < 1.29 is 17.1 Å². The molecule has 0 heterocycles. The summed E-state index contributed by atoms with van der Waals surface area (Å²) in [5, 5.41) is 0. The fourth-order valence-corrected chi connectivity index (χ4v) is 2.25. The standard InChI is InChI=1S/C9H16.C5H10.Fe/c1-2-3-6-9-7-4-5-8-9;1-2-4-5-3-1;/h7H,2-6,8H2,1H3;1-5H2;. The second-order valence-corrected chi connectivity index (χ2v) is 4.63. The third-order valence-corrected chi connectivity index (χ3v) is 3.24. The Balaban J connectivity index is 0.000000280. The normalized spacial score (nSPS) is 20.6. The van der Waals surface area contributed by atoms with E-state index in [2.05, 4.69) is 13.3 Å². The largest absolute Gasteiger partial charge is 0.0654 e. The molecule has 2 rings (SSSR count). The van der Waals surface area contributed by atoms with Crippen LogP contribution in [0.5, 0.6) is 0 Å². The first kappa shape index (κ1) is 15.5. The molecule has 2 radical (unpaired) electrons.